The van der Waals surface area contributed by atoms with E-state index in [4.69, 9.17) is 19.9 Å². The zero-order valence-corrected chi connectivity index (χ0v) is 24.4. The number of amides is 1. The van der Waals surface area contributed by atoms with Gasteiger partial charge in [0.15, 0.2) is 17.1 Å². The molecule has 2 atom stereocenters. The number of carbonyl (C=O) groups excluding carboxylic acids is 1. The average Bonchev–Trinajstić information content (AvgIpc) is 3.75. The van der Waals surface area contributed by atoms with Crippen LogP contribution in [-0.4, -0.2) is 68.2 Å². The van der Waals surface area contributed by atoms with E-state index in [2.05, 4.69) is 25.5 Å². The van der Waals surface area contributed by atoms with Gasteiger partial charge in [-0.1, -0.05) is 6.42 Å². The second-order valence-electron chi connectivity index (χ2n) is 10.6. The summed E-state index contributed by atoms with van der Waals surface area (Å²) in [5, 5.41) is 9.73. The van der Waals surface area contributed by atoms with Gasteiger partial charge in [-0.2, -0.15) is 14.0 Å². The number of nitrogens with zero attached hydrogens (tertiary/aromatic N) is 6. The minimum Gasteiger partial charge on any atom is -0.439 e. The molecule has 0 spiro atoms. The number of rotatable bonds is 7. The van der Waals surface area contributed by atoms with Crippen LogP contribution in [0, 0.1) is 0 Å². The zero-order chi connectivity index (χ0) is 28.8. The molecule has 0 bridgehead atoms. The lowest BCUT2D eigenvalue weighted by Crippen LogP contribution is -2.68. The molecule has 2 fully saturated rings. The smallest absolute Gasteiger partial charge is 0.254 e. The first-order valence-electron chi connectivity index (χ1n) is 13.9. The lowest BCUT2D eigenvalue weighted by Gasteiger charge is -2.27. The number of carbonyl (C=O) groups is 1. The Balaban J connectivity index is 1.23. The van der Waals surface area contributed by atoms with Crippen molar-refractivity contribution in [2.24, 2.45) is 5.73 Å². The van der Waals surface area contributed by atoms with E-state index in [0.29, 0.717) is 65.5 Å². The predicted octanol–water partition coefficient (Wildman–Crippen LogP) is 1.91. The summed E-state index contributed by atoms with van der Waals surface area (Å²) < 4.78 is 18.5. The van der Waals surface area contributed by atoms with Crippen molar-refractivity contribution in [3.63, 3.8) is 0 Å². The molecule has 6 heterocycles. The lowest BCUT2D eigenvalue weighted by molar-refractivity contribution is -0.427. The van der Waals surface area contributed by atoms with E-state index in [0.717, 1.165) is 36.1 Å². The largest absolute Gasteiger partial charge is 0.439 e. The fourth-order valence-electron chi connectivity index (χ4n) is 5.70. The summed E-state index contributed by atoms with van der Waals surface area (Å²) in [7, 11) is 0. The van der Waals surface area contributed by atoms with Crippen LogP contribution < -0.4 is 27.1 Å². The number of anilines is 2. The van der Waals surface area contributed by atoms with Gasteiger partial charge in [0, 0.05) is 42.9 Å². The second-order valence-corrected chi connectivity index (χ2v) is 12.3. The van der Waals surface area contributed by atoms with E-state index in [9.17, 15) is 9.59 Å². The molecule has 1 aliphatic carbocycles. The van der Waals surface area contributed by atoms with Crippen molar-refractivity contribution in [2.45, 2.75) is 44.2 Å². The van der Waals surface area contributed by atoms with Gasteiger partial charge in [0.25, 0.3) is 5.91 Å². The van der Waals surface area contributed by atoms with Crippen molar-refractivity contribution in [3.8, 4) is 10.4 Å². The number of quaternary nitrogens is 1. The first-order chi connectivity index (χ1) is 20.5. The number of primary amides is 1. The van der Waals surface area contributed by atoms with Crippen LogP contribution in [-0.2, 0) is 11.2 Å². The molecule has 1 saturated heterocycles. The fraction of sp³-hybridized carbons (Fsp3) is 0.407. The third-order valence-electron chi connectivity index (χ3n) is 7.90. The summed E-state index contributed by atoms with van der Waals surface area (Å²) in [4.78, 5) is 37.6. The summed E-state index contributed by atoms with van der Waals surface area (Å²) in [6.45, 7) is 2.51. The molecule has 13 nitrogen and oxygen atoms in total. The monoisotopic (exact) mass is 608 g/mol. The highest BCUT2D eigenvalue weighted by atomic mass is 32.1. The maximum atomic E-state index is 12.9. The maximum Gasteiger partial charge on any atom is 0.254 e. The normalized spacial score (nSPS) is 19.5. The van der Waals surface area contributed by atoms with Gasteiger partial charge in [-0.3, -0.25) is 9.59 Å². The van der Waals surface area contributed by atoms with Crippen molar-refractivity contribution in [3.05, 3.63) is 51.0 Å². The van der Waals surface area contributed by atoms with Crippen molar-refractivity contribution in [1.29, 1.82) is 0 Å². The van der Waals surface area contributed by atoms with E-state index in [1.165, 1.54) is 33.7 Å². The van der Waals surface area contributed by atoms with Gasteiger partial charge in [0.05, 0.1) is 35.5 Å². The van der Waals surface area contributed by atoms with E-state index in [1.54, 1.807) is 6.07 Å². The number of nitrogens with one attached hydrogen (secondary N) is 1. The van der Waals surface area contributed by atoms with Gasteiger partial charge in [-0.05, 0) is 30.4 Å². The Morgan fingerprint density at radius 2 is 2.05 bits per heavy atom. The van der Waals surface area contributed by atoms with Crippen molar-refractivity contribution < 1.29 is 19.7 Å². The second kappa shape index (κ2) is 11.1. The van der Waals surface area contributed by atoms with Gasteiger partial charge in [0.1, 0.15) is 22.6 Å². The summed E-state index contributed by atoms with van der Waals surface area (Å²) in [5.41, 5.74) is 13.2. The van der Waals surface area contributed by atoms with Crippen molar-refractivity contribution in [2.75, 3.05) is 36.5 Å². The predicted molar refractivity (Wildman–Crippen MR) is 159 cm³/mol. The van der Waals surface area contributed by atoms with Crippen molar-refractivity contribution >= 4 is 56.5 Å². The Hall–Kier alpha value is -3.92. The average molecular weight is 609 g/mol. The van der Waals surface area contributed by atoms with Crippen LogP contribution in [0.3, 0.4) is 0 Å². The van der Waals surface area contributed by atoms with Crippen LogP contribution >= 0.6 is 22.9 Å². The van der Waals surface area contributed by atoms with Crippen LogP contribution in [0.25, 0.3) is 26.4 Å². The molecule has 0 aromatic carbocycles. The Morgan fingerprint density at radius 3 is 2.86 bits per heavy atom. The highest BCUT2D eigenvalue weighted by Gasteiger charge is 2.28. The Labute approximate surface area is 247 Å². The van der Waals surface area contributed by atoms with E-state index in [-0.39, 0.29) is 29.5 Å². The molecule has 0 unspecified atom stereocenters. The van der Waals surface area contributed by atoms with Crippen LogP contribution in [0.1, 0.15) is 47.4 Å². The van der Waals surface area contributed by atoms with Gasteiger partial charge in [-0.15, -0.1) is 11.3 Å². The van der Waals surface area contributed by atoms with Gasteiger partial charge < -0.3 is 30.8 Å². The molecule has 1 amide bonds. The quantitative estimate of drug-likeness (QED) is 0.247. The molecule has 7 rings (SSSR count). The summed E-state index contributed by atoms with van der Waals surface area (Å²) in [5.74, 6) is 0.408. The number of hydrogen-bond donors (Lipinski definition) is 3. The number of hydrogen-bond acceptors (Lipinski definition) is 12. The molecule has 0 radical (unpaired) electrons. The first kappa shape index (κ1) is 26.9. The van der Waals surface area contributed by atoms with Gasteiger partial charge >= 0.3 is 0 Å². The van der Waals surface area contributed by atoms with Crippen LogP contribution in [0.5, 0.6) is 0 Å². The minimum absolute atomic E-state index is 0.0712. The third kappa shape index (κ3) is 4.91. The molecule has 5 aromatic heterocycles. The summed E-state index contributed by atoms with van der Waals surface area (Å²) >= 11 is 2.66. The van der Waals surface area contributed by atoms with Crippen LogP contribution in [0.2, 0.25) is 0 Å². The molecule has 1 aliphatic heterocycles. The van der Waals surface area contributed by atoms with Crippen LogP contribution in [0.4, 0.5) is 11.8 Å². The van der Waals surface area contributed by atoms with Gasteiger partial charge in [0.2, 0.25) is 11.4 Å². The summed E-state index contributed by atoms with van der Waals surface area (Å²) in [6, 6.07) is 3.87. The number of morpholine rings is 1. The SMILES string of the molecule is NC(=O)c1c(Cc2cc(-c3csc4c(=O)cc(N5CCOCC5)oc34)sn2)nc(N[C@H]2CCCC[C@H]2[NH3+])n2ncnc12. The molecule has 15 heteroatoms. The molecular weight excluding hydrogens is 578 g/mol. The van der Waals surface area contributed by atoms with E-state index >= 15 is 0 Å². The molecule has 42 heavy (non-hydrogen) atoms. The number of thiophene rings is 1. The highest BCUT2D eigenvalue weighted by molar-refractivity contribution is 7.18. The number of aromatic nitrogens is 5. The van der Waals surface area contributed by atoms with Gasteiger partial charge in [-0.25, -0.2) is 9.97 Å². The Bertz CT molecular complexity index is 1840. The topological polar surface area (TPSA) is 181 Å². The number of nitrogens with two attached hydrogens (primary N) is 1. The van der Waals surface area contributed by atoms with Crippen LogP contribution in [0.15, 0.2) is 33.1 Å². The Kier molecular flexibility index (Phi) is 7.09. The molecule has 2 aliphatic rings. The highest BCUT2D eigenvalue weighted by Crippen LogP contribution is 2.37. The first-order valence-corrected chi connectivity index (χ1v) is 15.6. The fourth-order valence-corrected chi connectivity index (χ4v) is 7.45. The molecular formula is C27H30N9O4S2+. The summed E-state index contributed by atoms with van der Waals surface area (Å²) in [6.07, 6.45) is 5.94. The molecule has 1 saturated carbocycles. The van der Waals surface area contributed by atoms with E-state index < -0.39 is 5.91 Å². The zero-order valence-electron chi connectivity index (χ0n) is 22.7. The number of ether oxygens (including phenoxy) is 1. The standard InChI is InChI=1S/C27H29N9O4S2/c28-16-3-1-2-4-17(16)32-27-33-18(22(25(29)38)26-30-13-31-36(26)27)9-14-10-20(42-34-14)15-12-41-24-19(37)11-21(40-23(15)24)35-5-7-39-8-6-35/h10-13,16-17H,1-9,28H2,(H2,29,38)(H,32,33)/p+1/t16-,17+/m1/s1. The third-order valence-corrected chi connectivity index (χ3v) is 9.73. The molecule has 218 valence electrons. The minimum atomic E-state index is -0.633. The number of fused-ring (bicyclic) bond motifs is 2. The van der Waals surface area contributed by atoms with E-state index in [1.807, 2.05) is 16.3 Å². The maximum absolute atomic E-state index is 12.9. The lowest BCUT2D eigenvalue weighted by atomic mass is 9.91. The molecule has 5 aromatic rings. The molecule has 6 N–H and O–H groups in total. The Morgan fingerprint density at radius 1 is 1.21 bits per heavy atom. The van der Waals surface area contributed by atoms with Crippen molar-refractivity contribution in [1.82, 2.24) is 24.0 Å².